The van der Waals surface area contributed by atoms with E-state index < -0.39 is 7.25 Å². The summed E-state index contributed by atoms with van der Waals surface area (Å²) in [6, 6.07) is 9.87. The van der Waals surface area contributed by atoms with Gasteiger partial charge in [-0.1, -0.05) is 39.8 Å². The molecule has 0 unspecified atom stereocenters. The van der Waals surface area contributed by atoms with E-state index in [0.29, 0.717) is 0 Å². The first-order valence-corrected chi connectivity index (χ1v) is 17.7. The molecule has 0 amide bonds. The van der Waals surface area contributed by atoms with E-state index in [-0.39, 0.29) is 35.3 Å². The summed E-state index contributed by atoms with van der Waals surface area (Å²) < 4.78 is 39.0. The Bertz CT molecular complexity index is 819. The van der Waals surface area contributed by atoms with E-state index >= 15 is 0 Å². The summed E-state index contributed by atoms with van der Waals surface area (Å²) >= 11 is 0. The Hall–Kier alpha value is -0.392. The van der Waals surface area contributed by atoms with Gasteiger partial charge in [-0.15, -0.1) is 23.7 Å². The standard InChI is InChI=1S/C22H36P2.C8H8.BF4.Rh/c1-5-17-13-14-18(6-2)23(17)21-11-9-10-12-22(21)24-19(7-3)15-16-20(24)8-4;1-2-4-6-8-7-5-3-1;2-1(3,4)5;/h9-12,17-20H,5-8,13-16H2,1-4H3;1-2,7-8H2;;/q;;-1;/p+2/t17-,18-,19-,20-;;;/m0.../s1. The molecule has 8 heteroatoms. The molecule has 0 nitrogen and oxygen atoms in total. The van der Waals surface area contributed by atoms with E-state index in [1.807, 2.05) is 10.6 Å². The van der Waals surface area contributed by atoms with Crippen LogP contribution in [0.5, 0.6) is 0 Å². The molecule has 1 aromatic carbocycles. The fraction of sp³-hybridized carbons (Fsp3) is 0.667. The molecule has 2 heterocycles. The van der Waals surface area contributed by atoms with E-state index in [2.05, 4.69) is 75.6 Å². The van der Waals surface area contributed by atoms with Crippen molar-refractivity contribution in [1.82, 2.24) is 0 Å². The van der Waals surface area contributed by atoms with Crippen LogP contribution < -0.4 is 10.6 Å². The molecule has 2 fully saturated rings. The molecule has 0 aromatic heterocycles. The molecule has 1 aromatic rings. The van der Waals surface area contributed by atoms with Crippen molar-refractivity contribution in [2.45, 2.75) is 127 Å². The Labute approximate surface area is 245 Å². The van der Waals surface area contributed by atoms with Crippen LogP contribution in [-0.4, -0.2) is 29.9 Å². The van der Waals surface area contributed by atoms with Crippen LogP contribution in [0.25, 0.3) is 0 Å². The summed E-state index contributed by atoms with van der Waals surface area (Å²) in [5.41, 5.74) is 4.13. The molecule has 38 heavy (non-hydrogen) atoms. The van der Waals surface area contributed by atoms with Crippen LogP contribution in [-0.2, 0) is 19.5 Å². The molecule has 4 atom stereocenters. The molecule has 0 saturated carbocycles. The van der Waals surface area contributed by atoms with Gasteiger partial charge in [-0.05, 0) is 63.5 Å². The number of rotatable bonds is 6. The van der Waals surface area contributed by atoms with Gasteiger partial charge >= 0.3 is 7.25 Å². The van der Waals surface area contributed by atoms with Gasteiger partial charge in [-0.25, -0.2) is 0 Å². The third kappa shape index (κ3) is 11.6. The first-order chi connectivity index (χ1) is 17.7. The average molecular weight is 658 g/mol. The molecule has 1 aliphatic carbocycles. The molecule has 1 radical (unpaired) electrons. The normalized spacial score (nSPS) is 25.1. The van der Waals surface area contributed by atoms with Crippen LogP contribution in [0.1, 0.15) is 105 Å². The average Bonchev–Trinajstić information content (AvgIpc) is 3.46. The number of benzene rings is 1. The molecule has 2 saturated heterocycles. The van der Waals surface area contributed by atoms with Gasteiger partial charge in [0.25, 0.3) is 0 Å². The summed E-state index contributed by atoms with van der Waals surface area (Å²) in [6.45, 7) is 9.79. The first kappa shape index (κ1) is 35.6. The summed E-state index contributed by atoms with van der Waals surface area (Å²) in [6.07, 6.45) is 15.5. The van der Waals surface area contributed by atoms with Gasteiger partial charge in [-0.3, -0.25) is 0 Å². The molecular weight excluding hydrogens is 612 g/mol. The first-order valence-electron chi connectivity index (χ1n) is 14.4. The van der Waals surface area contributed by atoms with Crippen molar-refractivity contribution < 1.29 is 36.7 Å². The Morgan fingerprint density at radius 3 is 1.05 bits per heavy atom. The van der Waals surface area contributed by atoms with E-state index in [9.17, 15) is 17.3 Å². The summed E-state index contributed by atoms with van der Waals surface area (Å²) in [7, 11) is -6.74. The monoisotopic (exact) mass is 658 g/mol. The maximum atomic E-state index is 9.75. The Balaban J connectivity index is 0.000000427. The topological polar surface area (TPSA) is 0 Å². The van der Waals surface area contributed by atoms with Crippen LogP contribution in [0.4, 0.5) is 17.3 Å². The third-order valence-electron chi connectivity index (χ3n) is 8.01. The van der Waals surface area contributed by atoms with E-state index in [4.69, 9.17) is 0 Å². The quantitative estimate of drug-likeness (QED) is 0.124. The Morgan fingerprint density at radius 1 is 0.605 bits per heavy atom. The van der Waals surface area contributed by atoms with Crippen molar-refractivity contribution >= 4 is 33.7 Å². The fourth-order valence-electron chi connectivity index (χ4n) is 6.26. The molecule has 215 valence electrons. The summed E-state index contributed by atoms with van der Waals surface area (Å²) in [4.78, 5) is 0. The number of hydrogen-bond acceptors (Lipinski definition) is 0. The second kappa shape index (κ2) is 18.9. The molecule has 4 rings (SSSR count). The second-order valence-electron chi connectivity index (χ2n) is 10.2. The number of halogens is 4. The van der Waals surface area contributed by atoms with Crippen molar-refractivity contribution in [2.24, 2.45) is 0 Å². The Kier molecular flexibility index (Phi) is 17.7. The Morgan fingerprint density at radius 2 is 0.842 bits per heavy atom. The summed E-state index contributed by atoms with van der Waals surface area (Å²) in [5, 5.41) is 3.79. The van der Waals surface area contributed by atoms with Crippen molar-refractivity contribution in [1.29, 1.82) is 0 Å². The molecule has 0 spiro atoms. The van der Waals surface area contributed by atoms with Gasteiger partial charge < -0.3 is 17.3 Å². The molecule has 0 N–H and O–H groups in total. The predicted molar refractivity (Wildman–Crippen MR) is 161 cm³/mol. The van der Waals surface area contributed by atoms with Crippen LogP contribution in [0.3, 0.4) is 0 Å². The second-order valence-corrected chi connectivity index (χ2v) is 16.4. The summed E-state index contributed by atoms with van der Waals surface area (Å²) in [5.74, 6) is 12.1. The largest absolute Gasteiger partial charge is 0.673 e. The van der Waals surface area contributed by atoms with Crippen LogP contribution in [0, 0.1) is 23.7 Å². The third-order valence-corrected chi connectivity index (χ3v) is 16.7. The zero-order valence-corrected chi connectivity index (χ0v) is 27.2. The van der Waals surface area contributed by atoms with Gasteiger partial charge in [0, 0.05) is 61.0 Å². The number of hydrogen-bond donors (Lipinski definition) is 0. The predicted octanol–water partition coefficient (Wildman–Crippen LogP) is 8.93. The maximum Gasteiger partial charge on any atom is 0.673 e. The van der Waals surface area contributed by atoms with Gasteiger partial charge in [0.1, 0.15) is 10.6 Å². The van der Waals surface area contributed by atoms with E-state index in [0.717, 1.165) is 48.3 Å². The van der Waals surface area contributed by atoms with Crippen LogP contribution >= 0.6 is 15.8 Å². The smallest absolute Gasteiger partial charge is 0.418 e. The minimum Gasteiger partial charge on any atom is -0.418 e. The van der Waals surface area contributed by atoms with Gasteiger partial charge in [-0.2, -0.15) is 0 Å². The maximum absolute atomic E-state index is 9.75. The molecule has 2 aliphatic heterocycles. The SMILES string of the molecule is C1#CCCC#CCC1.CC[C@H]1CC[C@H](CC)[PH+]1c1ccccc1[PH+]1[C@@H](CC)CC[C@@H]1CC.F[B-](F)(F)F.[Rh]. The van der Waals surface area contributed by atoms with Crippen LogP contribution in [0.15, 0.2) is 24.3 Å². The fourth-order valence-corrected chi connectivity index (χ4v) is 15.3. The zero-order chi connectivity index (χ0) is 27.3. The van der Waals surface area contributed by atoms with Gasteiger partial charge in [0.05, 0.1) is 22.6 Å². The van der Waals surface area contributed by atoms with Crippen LogP contribution in [0.2, 0.25) is 0 Å². The molecule has 0 bridgehead atoms. The van der Waals surface area contributed by atoms with Crippen molar-refractivity contribution in [2.75, 3.05) is 0 Å². The zero-order valence-electron chi connectivity index (χ0n) is 23.5. The van der Waals surface area contributed by atoms with Gasteiger partial charge in [0.2, 0.25) is 0 Å². The minimum absolute atomic E-state index is 0. The van der Waals surface area contributed by atoms with Crippen molar-refractivity contribution in [3.8, 4) is 23.7 Å². The van der Waals surface area contributed by atoms with Gasteiger partial charge in [0.15, 0.2) is 0 Å². The molecule has 3 aliphatic rings. The van der Waals surface area contributed by atoms with E-state index in [1.165, 1.54) is 51.4 Å². The minimum atomic E-state index is -6.00. The van der Waals surface area contributed by atoms with Crippen molar-refractivity contribution in [3.63, 3.8) is 0 Å². The molecular formula is C30H46BF4P2Rh+. The van der Waals surface area contributed by atoms with E-state index in [1.54, 1.807) is 0 Å². The van der Waals surface area contributed by atoms with Crippen molar-refractivity contribution in [3.05, 3.63) is 24.3 Å².